The van der Waals surface area contributed by atoms with Crippen molar-refractivity contribution in [3.63, 3.8) is 0 Å². The molecule has 2 heterocycles. The molecular weight excluding hydrogens is 383 g/mol. The lowest BCUT2D eigenvalue weighted by Crippen LogP contribution is -2.54. The van der Waals surface area contributed by atoms with Crippen LogP contribution in [0.1, 0.15) is 50.2 Å². The van der Waals surface area contributed by atoms with E-state index in [1.165, 1.54) is 19.3 Å². The molecule has 0 spiro atoms. The van der Waals surface area contributed by atoms with Crippen molar-refractivity contribution < 1.29 is 22.8 Å². The van der Waals surface area contributed by atoms with Crippen molar-refractivity contribution in [1.29, 1.82) is 0 Å². The minimum Gasteiger partial charge on any atom is -0.351 e. The highest BCUT2D eigenvalue weighted by atomic mass is 19.4. The highest BCUT2D eigenvalue weighted by Gasteiger charge is 2.45. The Labute approximate surface area is 169 Å². The average Bonchev–Trinajstić information content (AvgIpc) is 2.68. The van der Waals surface area contributed by atoms with Crippen LogP contribution in [0.5, 0.6) is 0 Å². The third-order valence-corrected chi connectivity index (χ3v) is 5.97. The summed E-state index contributed by atoms with van der Waals surface area (Å²) in [5.74, 6) is -2.46. The number of nitrogens with zero attached hydrogens (tertiary/aromatic N) is 1. The van der Waals surface area contributed by atoms with Crippen molar-refractivity contribution in [3.05, 3.63) is 35.4 Å². The maximum absolute atomic E-state index is 12.8. The van der Waals surface area contributed by atoms with Gasteiger partial charge in [0.05, 0.1) is 0 Å². The first-order chi connectivity index (χ1) is 13.8. The summed E-state index contributed by atoms with van der Waals surface area (Å²) in [7, 11) is 0. The van der Waals surface area contributed by atoms with Crippen molar-refractivity contribution in [2.45, 2.75) is 70.4 Å². The third kappa shape index (κ3) is 5.50. The lowest BCUT2D eigenvalue weighted by molar-refractivity contribution is -0.171. The molecule has 3 rings (SSSR count). The summed E-state index contributed by atoms with van der Waals surface area (Å²) in [6.07, 6.45) is -1.27. The molecule has 2 aliphatic rings. The smallest absolute Gasteiger partial charge is 0.351 e. The van der Waals surface area contributed by atoms with Crippen LogP contribution in [0.4, 0.5) is 13.2 Å². The summed E-state index contributed by atoms with van der Waals surface area (Å²) in [5.41, 5.74) is 2.08. The first-order valence-electron chi connectivity index (χ1n) is 10.2. The molecule has 0 saturated carbocycles. The normalized spacial score (nSPS) is 26.1. The third-order valence-electron chi connectivity index (χ3n) is 5.97. The number of carbonyl (C=O) groups excluding carboxylic acids is 2. The van der Waals surface area contributed by atoms with Gasteiger partial charge in [-0.05, 0) is 50.3 Å². The summed E-state index contributed by atoms with van der Waals surface area (Å²) in [6, 6.07) is 6.47. The number of hydrogen-bond acceptors (Lipinski definition) is 3. The van der Waals surface area contributed by atoms with Crippen LogP contribution < -0.4 is 10.6 Å². The van der Waals surface area contributed by atoms with E-state index in [2.05, 4.69) is 17.1 Å². The van der Waals surface area contributed by atoms with E-state index in [9.17, 15) is 22.8 Å². The lowest BCUT2D eigenvalue weighted by atomic mass is 9.92. The second-order valence-corrected chi connectivity index (χ2v) is 8.03. The fourth-order valence-electron chi connectivity index (χ4n) is 4.11. The largest absolute Gasteiger partial charge is 0.408 e. The Kier molecular flexibility index (Phi) is 6.82. The number of nitrogens with one attached hydrogen (secondary N) is 2. The summed E-state index contributed by atoms with van der Waals surface area (Å²) in [6.45, 7) is 4.32. The van der Waals surface area contributed by atoms with E-state index >= 15 is 0 Å². The zero-order valence-corrected chi connectivity index (χ0v) is 16.6. The Balaban J connectivity index is 1.57. The van der Waals surface area contributed by atoms with Gasteiger partial charge in [0.2, 0.25) is 11.8 Å². The zero-order valence-electron chi connectivity index (χ0n) is 16.6. The number of halogens is 3. The molecule has 2 amide bonds. The monoisotopic (exact) mass is 411 g/mol. The molecule has 2 saturated heterocycles. The molecule has 0 aliphatic carbocycles. The van der Waals surface area contributed by atoms with E-state index in [-0.39, 0.29) is 19.4 Å². The highest BCUT2D eigenvalue weighted by Crippen LogP contribution is 2.28. The number of piperidine rings is 2. The van der Waals surface area contributed by atoms with Crippen molar-refractivity contribution in [2.24, 2.45) is 5.92 Å². The summed E-state index contributed by atoms with van der Waals surface area (Å²) in [4.78, 5) is 26.8. The molecule has 8 heteroatoms. The maximum Gasteiger partial charge on any atom is 0.408 e. The van der Waals surface area contributed by atoms with E-state index in [4.69, 9.17) is 0 Å². The molecule has 0 aromatic heterocycles. The van der Waals surface area contributed by atoms with Gasteiger partial charge in [0.25, 0.3) is 0 Å². The molecule has 29 heavy (non-hydrogen) atoms. The van der Waals surface area contributed by atoms with Crippen molar-refractivity contribution in [1.82, 2.24) is 15.5 Å². The molecule has 0 bridgehead atoms. The predicted octanol–water partition coefficient (Wildman–Crippen LogP) is 3.13. The Bertz CT molecular complexity index is 738. The number of alkyl halides is 3. The van der Waals surface area contributed by atoms with E-state index in [0.717, 1.165) is 24.2 Å². The second kappa shape index (κ2) is 9.15. The number of benzene rings is 1. The number of amides is 2. The van der Waals surface area contributed by atoms with Crippen LogP contribution in [0.2, 0.25) is 0 Å². The molecule has 2 fully saturated rings. The van der Waals surface area contributed by atoms with Crippen molar-refractivity contribution >= 4 is 11.8 Å². The zero-order chi connectivity index (χ0) is 21.0. The molecule has 1 aromatic carbocycles. The average molecular weight is 411 g/mol. The molecule has 3 atom stereocenters. The molecule has 2 aliphatic heterocycles. The van der Waals surface area contributed by atoms with Crippen LogP contribution in [-0.2, 0) is 22.7 Å². The van der Waals surface area contributed by atoms with Crippen LogP contribution >= 0.6 is 0 Å². The quantitative estimate of drug-likeness (QED) is 0.732. The Morgan fingerprint density at radius 1 is 1.17 bits per heavy atom. The van der Waals surface area contributed by atoms with Crippen LogP contribution in [0.15, 0.2) is 24.3 Å². The van der Waals surface area contributed by atoms with Crippen molar-refractivity contribution in [3.8, 4) is 0 Å². The maximum atomic E-state index is 12.8. The second-order valence-electron chi connectivity index (χ2n) is 8.03. The molecule has 2 N–H and O–H groups in total. The van der Waals surface area contributed by atoms with Crippen LogP contribution in [0.25, 0.3) is 0 Å². The van der Waals surface area contributed by atoms with Gasteiger partial charge in [0, 0.05) is 19.1 Å². The van der Waals surface area contributed by atoms with Crippen LogP contribution in [-0.4, -0.2) is 41.5 Å². The Hall–Kier alpha value is -2.09. The predicted molar refractivity (Wildman–Crippen MR) is 103 cm³/mol. The highest BCUT2D eigenvalue weighted by molar-refractivity contribution is 6.00. The summed E-state index contributed by atoms with van der Waals surface area (Å²) < 4.78 is 38.3. The standard InChI is InChI=1S/C21H28F3N3O2/c1-14-6-4-5-11-27(14)13-16-8-3-2-7-15(16)12-25-19(28)17-9-10-18(21(22,23)24)26-20(17)29/h2-3,7-8,14,17-18H,4-6,9-13H2,1H3,(H,25,28)(H,26,29). The minimum absolute atomic E-state index is 0.102. The van der Waals surface area contributed by atoms with Gasteiger partial charge in [0.1, 0.15) is 12.0 Å². The topological polar surface area (TPSA) is 61.4 Å². The van der Waals surface area contributed by atoms with Gasteiger partial charge >= 0.3 is 6.18 Å². The fourth-order valence-corrected chi connectivity index (χ4v) is 4.11. The molecule has 5 nitrogen and oxygen atoms in total. The van der Waals surface area contributed by atoms with Crippen LogP contribution in [0, 0.1) is 5.92 Å². The summed E-state index contributed by atoms with van der Waals surface area (Å²) in [5, 5.41) is 4.67. The molecule has 160 valence electrons. The van der Waals surface area contributed by atoms with Crippen molar-refractivity contribution in [2.75, 3.05) is 6.54 Å². The number of hydrogen-bond donors (Lipinski definition) is 2. The van der Waals surface area contributed by atoms with Gasteiger partial charge in [-0.2, -0.15) is 13.2 Å². The molecule has 1 aromatic rings. The van der Waals surface area contributed by atoms with E-state index < -0.39 is 30.0 Å². The fraction of sp³-hybridized carbons (Fsp3) is 0.619. The Morgan fingerprint density at radius 3 is 2.55 bits per heavy atom. The lowest BCUT2D eigenvalue weighted by Gasteiger charge is -2.34. The van der Waals surface area contributed by atoms with E-state index in [1.54, 1.807) is 0 Å². The summed E-state index contributed by atoms with van der Waals surface area (Å²) >= 11 is 0. The minimum atomic E-state index is -4.48. The van der Waals surface area contributed by atoms with Gasteiger partial charge in [-0.1, -0.05) is 30.7 Å². The number of carbonyl (C=O) groups is 2. The number of likely N-dealkylation sites (tertiary alicyclic amines) is 1. The van der Waals surface area contributed by atoms with Gasteiger partial charge in [-0.15, -0.1) is 0 Å². The van der Waals surface area contributed by atoms with Gasteiger partial charge < -0.3 is 10.6 Å². The SMILES string of the molecule is CC1CCCCN1Cc1ccccc1CNC(=O)C1CCC(C(F)(F)F)NC1=O. The molecule has 3 unspecified atom stereocenters. The first kappa shape index (κ1) is 21.6. The Morgan fingerprint density at radius 2 is 1.90 bits per heavy atom. The number of rotatable bonds is 5. The van der Waals surface area contributed by atoms with Gasteiger partial charge in [-0.3, -0.25) is 14.5 Å². The van der Waals surface area contributed by atoms with E-state index in [0.29, 0.717) is 6.04 Å². The molecular formula is C21H28F3N3O2. The van der Waals surface area contributed by atoms with Gasteiger partial charge in [0.15, 0.2) is 0 Å². The first-order valence-corrected chi connectivity index (χ1v) is 10.2. The van der Waals surface area contributed by atoms with E-state index in [1.807, 2.05) is 29.6 Å². The van der Waals surface area contributed by atoms with Crippen LogP contribution in [0.3, 0.4) is 0 Å². The van der Waals surface area contributed by atoms with Gasteiger partial charge in [-0.25, -0.2) is 0 Å². The molecule has 0 radical (unpaired) electrons.